The van der Waals surface area contributed by atoms with E-state index in [9.17, 15) is 13.2 Å². The van der Waals surface area contributed by atoms with Gasteiger partial charge in [-0.3, -0.25) is 9.69 Å². The highest BCUT2D eigenvalue weighted by Crippen LogP contribution is 2.27. The van der Waals surface area contributed by atoms with E-state index in [0.717, 1.165) is 16.9 Å². The smallest absolute Gasteiger partial charge is 0.239 e. The van der Waals surface area contributed by atoms with Gasteiger partial charge in [-0.05, 0) is 32.0 Å². The molecule has 2 aromatic rings. The van der Waals surface area contributed by atoms with Gasteiger partial charge in [-0.25, -0.2) is 13.1 Å². The van der Waals surface area contributed by atoms with Crippen molar-refractivity contribution in [1.29, 1.82) is 0 Å². The van der Waals surface area contributed by atoms with Crippen LogP contribution < -0.4 is 10.2 Å². The third-order valence-electron chi connectivity index (χ3n) is 5.01. The molecule has 1 aromatic carbocycles. The summed E-state index contributed by atoms with van der Waals surface area (Å²) in [5.74, 6) is 0.629. The first-order chi connectivity index (χ1) is 13.6. The highest BCUT2D eigenvalue weighted by molar-refractivity contribution is 7.91. The Morgan fingerprint density at radius 3 is 2.66 bits per heavy atom. The number of aryl methyl sites for hydroxylation is 1. The van der Waals surface area contributed by atoms with E-state index in [1.54, 1.807) is 10.7 Å². The Kier molecular flexibility index (Phi) is 6.28. The number of rotatable bonds is 7. The molecule has 1 aromatic heterocycles. The molecule has 1 N–H and O–H groups in total. The maximum Gasteiger partial charge on any atom is 0.239 e. The van der Waals surface area contributed by atoms with E-state index in [4.69, 9.17) is 0 Å². The second-order valence-corrected chi connectivity index (χ2v) is 10.1. The number of carbonyl (C=O) groups excluding carboxylic acids is 1. The minimum atomic E-state index is -3.03. The first-order valence-corrected chi connectivity index (χ1v) is 11.5. The van der Waals surface area contributed by atoms with Crippen molar-refractivity contribution in [3.63, 3.8) is 0 Å². The molecule has 1 atom stereocenters. The van der Waals surface area contributed by atoms with Crippen LogP contribution in [0, 0.1) is 6.92 Å². The number of nitrogens with zero attached hydrogens (tertiary/aromatic N) is 4. The first-order valence-electron chi connectivity index (χ1n) is 9.65. The van der Waals surface area contributed by atoms with Crippen molar-refractivity contribution in [1.82, 2.24) is 14.7 Å². The number of amides is 1. The zero-order chi connectivity index (χ0) is 21.2. The lowest BCUT2D eigenvalue weighted by Gasteiger charge is -2.22. The van der Waals surface area contributed by atoms with Gasteiger partial charge in [0.15, 0.2) is 9.84 Å². The maximum atomic E-state index is 12.6. The van der Waals surface area contributed by atoms with Gasteiger partial charge in [-0.1, -0.05) is 18.2 Å². The summed E-state index contributed by atoms with van der Waals surface area (Å²) in [6, 6.07) is 9.66. The van der Waals surface area contributed by atoms with Gasteiger partial charge in [0.2, 0.25) is 5.91 Å². The molecule has 8 nitrogen and oxygen atoms in total. The Labute approximate surface area is 172 Å². The molecule has 3 rings (SSSR count). The monoisotopic (exact) mass is 419 g/mol. The number of hydrogen-bond donors (Lipinski definition) is 1. The van der Waals surface area contributed by atoms with Crippen LogP contribution >= 0.6 is 0 Å². The largest absolute Gasteiger partial charge is 0.377 e. The van der Waals surface area contributed by atoms with E-state index < -0.39 is 9.84 Å². The van der Waals surface area contributed by atoms with Gasteiger partial charge < -0.3 is 10.2 Å². The minimum absolute atomic E-state index is 0.0677. The number of anilines is 2. The summed E-state index contributed by atoms with van der Waals surface area (Å²) < 4.78 is 25.3. The number of likely N-dealkylation sites (N-methyl/N-ethyl adjacent to an activating group) is 1. The van der Waals surface area contributed by atoms with Crippen LogP contribution in [0.15, 0.2) is 30.3 Å². The summed E-state index contributed by atoms with van der Waals surface area (Å²) >= 11 is 0. The van der Waals surface area contributed by atoms with E-state index in [1.807, 2.05) is 45.1 Å². The van der Waals surface area contributed by atoms with Gasteiger partial charge in [0.25, 0.3) is 0 Å². The van der Waals surface area contributed by atoms with Crippen molar-refractivity contribution in [2.24, 2.45) is 0 Å². The van der Waals surface area contributed by atoms with Crippen LogP contribution in [-0.2, 0) is 21.2 Å². The Morgan fingerprint density at radius 2 is 2.00 bits per heavy atom. The predicted molar refractivity (Wildman–Crippen MR) is 115 cm³/mol. The number of benzene rings is 1. The predicted octanol–water partition coefficient (Wildman–Crippen LogP) is 1.69. The molecule has 1 amide bonds. The summed E-state index contributed by atoms with van der Waals surface area (Å²) in [5.41, 5.74) is 3.01. The molecule has 0 saturated carbocycles. The maximum absolute atomic E-state index is 12.6. The topological polar surface area (TPSA) is 87.5 Å². The molecule has 0 bridgehead atoms. The zero-order valence-electron chi connectivity index (χ0n) is 17.4. The van der Waals surface area contributed by atoms with Gasteiger partial charge in [0.1, 0.15) is 5.82 Å². The summed E-state index contributed by atoms with van der Waals surface area (Å²) in [7, 11) is 2.87. The molecule has 1 saturated heterocycles. The van der Waals surface area contributed by atoms with Crippen LogP contribution in [0.5, 0.6) is 0 Å². The van der Waals surface area contributed by atoms with Gasteiger partial charge >= 0.3 is 0 Å². The number of sulfone groups is 1. The first kappa shape index (κ1) is 21.3. The average Bonchev–Trinajstić information content (AvgIpc) is 3.16. The number of nitrogens with one attached hydrogen (secondary N) is 1. The summed E-state index contributed by atoms with van der Waals surface area (Å²) in [6.07, 6.45) is 0.521. The number of aromatic nitrogens is 2. The standard InChI is InChI=1S/C20H29N5O3S/c1-15-11-19(25(22-15)17-9-10-29(27,28)14-17)21-20(26)13-24(4)12-16-7-5-6-8-18(16)23(2)3/h5-8,11,17H,9-10,12-14H2,1-4H3,(H,21,26). The molecule has 1 fully saturated rings. The van der Waals surface area contributed by atoms with Crippen molar-refractivity contribution in [2.45, 2.75) is 25.9 Å². The number of carbonyl (C=O) groups is 1. The molecule has 29 heavy (non-hydrogen) atoms. The Balaban J connectivity index is 1.64. The van der Waals surface area contributed by atoms with Crippen LogP contribution in [0.3, 0.4) is 0 Å². The third kappa shape index (κ3) is 5.36. The van der Waals surface area contributed by atoms with Crippen LogP contribution in [0.4, 0.5) is 11.5 Å². The molecule has 0 spiro atoms. The fourth-order valence-corrected chi connectivity index (χ4v) is 5.40. The third-order valence-corrected chi connectivity index (χ3v) is 6.76. The molecule has 1 aliphatic heterocycles. The molecule has 1 unspecified atom stereocenters. The second kappa shape index (κ2) is 8.54. The summed E-state index contributed by atoms with van der Waals surface area (Å²) in [5, 5.41) is 7.31. The van der Waals surface area contributed by atoms with E-state index in [0.29, 0.717) is 18.8 Å². The molecule has 0 aliphatic carbocycles. The van der Waals surface area contributed by atoms with Gasteiger partial charge in [-0.15, -0.1) is 0 Å². The molecular formula is C20H29N5O3S. The van der Waals surface area contributed by atoms with Crippen molar-refractivity contribution >= 4 is 27.2 Å². The Bertz CT molecular complexity index is 984. The number of hydrogen-bond acceptors (Lipinski definition) is 6. The van der Waals surface area contributed by atoms with E-state index in [1.165, 1.54) is 0 Å². The lowest BCUT2D eigenvalue weighted by molar-refractivity contribution is -0.117. The summed E-state index contributed by atoms with van der Waals surface area (Å²) in [4.78, 5) is 16.6. The van der Waals surface area contributed by atoms with Crippen LogP contribution in [0.1, 0.15) is 23.7 Å². The minimum Gasteiger partial charge on any atom is -0.377 e. The SMILES string of the molecule is Cc1cc(NC(=O)CN(C)Cc2ccccc2N(C)C)n(C2CCS(=O)(=O)C2)n1. The summed E-state index contributed by atoms with van der Waals surface area (Å²) in [6.45, 7) is 2.69. The lowest BCUT2D eigenvalue weighted by atomic mass is 10.1. The highest BCUT2D eigenvalue weighted by atomic mass is 32.2. The van der Waals surface area contributed by atoms with Crippen LogP contribution in [-0.4, -0.2) is 68.2 Å². The van der Waals surface area contributed by atoms with Crippen LogP contribution in [0.25, 0.3) is 0 Å². The van der Waals surface area contributed by atoms with Crippen LogP contribution in [0.2, 0.25) is 0 Å². The molecule has 0 radical (unpaired) electrons. The van der Waals surface area contributed by atoms with Crippen molar-refractivity contribution in [2.75, 3.05) is 49.4 Å². The number of para-hydroxylation sites is 1. The Hall–Kier alpha value is -2.39. The fraction of sp³-hybridized carbons (Fsp3) is 0.500. The van der Waals surface area contributed by atoms with Gasteiger partial charge in [0, 0.05) is 32.4 Å². The van der Waals surface area contributed by atoms with Gasteiger partial charge in [-0.2, -0.15) is 5.10 Å². The second-order valence-electron chi connectivity index (χ2n) is 7.92. The molecule has 9 heteroatoms. The molecular weight excluding hydrogens is 390 g/mol. The molecule has 158 valence electrons. The van der Waals surface area contributed by atoms with E-state index >= 15 is 0 Å². The quantitative estimate of drug-likeness (QED) is 0.735. The normalized spacial score (nSPS) is 18.2. The zero-order valence-corrected chi connectivity index (χ0v) is 18.2. The lowest BCUT2D eigenvalue weighted by Crippen LogP contribution is -2.31. The molecule has 1 aliphatic rings. The van der Waals surface area contributed by atoms with Crippen molar-refractivity contribution in [3.05, 3.63) is 41.6 Å². The van der Waals surface area contributed by atoms with Gasteiger partial charge in [0.05, 0.1) is 29.8 Å². The molecule has 2 heterocycles. The Morgan fingerprint density at radius 1 is 1.28 bits per heavy atom. The van der Waals surface area contributed by atoms with E-state index in [-0.39, 0.29) is 30.0 Å². The van der Waals surface area contributed by atoms with E-state index in [2.05, 4.69) is 27.4 Å². The fourth-order valence-electron chi connectivity index (χ4n) is 3.71. The van der Waals surface area contributed by atoms with Crippen molar-refractivity contribution < 1.29 is 13.2 Å². The highest BCUT2D eigenvalue weighted by Gasteiger charge is 2.31. The van der Waals surface area contributed by atoms with Crippen molar-refractivity contribution in [3.8, 4) is 0 Å². The average molecular weight is 420 g/mol.